The average molecular weight is 479 g/mol. The highest BCUT2D eigenvalue weighted by atomic mass is 32.2. The van der Waals surface area contributed by atoms with Crippen LogP contribution in [0.2, 0.25) is 0 Å². The molecule has 0 unspecified atom stereocenters. The van der Waals surface area contributed by atoms with Gasteiger partial charge in [0, 0.05) is 11.6 Å². The summed E-state index contributed by atoms with van der Waals surface area (Å²) in [5, 5.41) is 2.98. The summed E-state index contributed by atoms with van der Waals surface area (Å²) >= 11 is 0.948. The van der Waals surface area contributed by atoms with E-state index in [0.29, 0.717) is 28.6 Å². The number of carbonyl (C=O) groups is 2. The topological polar surface area (TPSA) is 90.3 Å². The third kappa shape index (κ3) is 4.03. The summed E-state index contributed by atoms with van der Waals surface area (Å²) in [6.45, 7) is -0.0960. The SMILES string of the molecule is O=C1COc2ccc(C(=O)CSc3nc4ccccc4c(=O)n3-c3ccc(F)cc3F)cc2N1. The summed E-state index contributed by atoms with van der Waals surface area (Å²) in [4.78, 5) is 42.1. The van der Waals surface area contributed by atoms with E-state index in [0.717, 1.165) is 28.5 Å². The van der Waals surface area contributed by atoms with Crippen molar-refractivity contribution < 1.29 is 23.1 Å². The van der Waals surface area contributed by atoms with Gasteiger partial charge in [-0.1, -0.05) is 23.9 Å². The van der Waals surface area contributed by atoms with Gasteiger partial charge < -0.3 is 10.1 Å². The van der Waals surface area contributed by atoms with Crippen LogP contribution in [0.4, 0.5) is 14.5 Å². The van der Waals surface area contributed by atoms with Crippen LogP contribution < -0.4 is 15.6 Å². The van der Waals surface area contributed by atoms with E-state index in [-0.39, 0.29) is 40.3 Å². The number of hydrogen-bond acceptors (Lipinski definition) is 6. The van der Waals surface area contributed by atoms with Gasteiger partial charge in [0.05, 0.1) is 28.0 Å². The maximum atomic E-state index is 14.6. The molecule has 1 aliphatic heterocycles. The van der Waals surface area contributed by atoms with E-state index in [2.05, 4.69) is 10.3 Å². The number of ketones is 1. The van der Waals surface area contributed by atoms with Crippen molar-refractivity contribution in [3.05, 3.63) is 88.2 Å². The van der Waals surface area contributed by atoms with Crippen LogP contribution in [0.5, 0.6) is 5.75 Å². The Morgan fingerprint density at radius 1 is 1.09 bits per heavy atom. The first-order chi connectivity index (χ1) is 16.4. The monoisotopic (exact) mass is 479 g/mol. The molecule has 0 radical (unpaired) electrons. The number of Topliss-reactive ketones (excluding diaryl/α,β-unsaturated/α-hetero) is 1. The van der Waals surface area contributed by atoms with Gasteiger partial charge in [0.1, 0.15) is 17.4 Å². The maximum Gasteiger partial charge on any atom is 0.266 e. The van der Waals surface area contributed by atoms with E-state index >= 15 is 0 Å². The fourth-order valence-corrected chi connectivity index (χ4v) is 4.45. The number of nitrogens with one attached hydrogen (secondary N) is 1. The number of aromatic nitrogens is 2. The minimum atomic E-state index is -0.933. The molecule has 1 aliphatic rings. The Kier molecular flexibility index (Phi) is 5.58. The summed E-state index contributed by atoms with van der Waals surface area (Å²) in [6, 6.07) is 14.1. The molecule has 4 aromatic rings. The highest BCUT2D eigenvalue weighted by molar-refractivity contribution is 7.99. The molecular formula is C24H15F2N3O4S. The number of nitrogens with zero attached hydrogens (tertiary/aromatic N) is 2. The van der Waals surface area contributed by atoms with Gasteiger partial charge in [-0.2, -0.15) is 0 Å². The highest BCUT2D eigenvalue weighted by Gasteiger charge is 2.20. The van der Waals surface area contributed by atoms with E-state index in [9.17, 15) is 23.2 Å². The van der Waals surface area contributed by atoms with Gasteiger partial charge >= 0.3 is 0 Å². The second-order valence-electron chi connectivity index (χ2n) is 7.41. The summed E-state index contributed by atoms with van der Waals surface area (Å²) in [5.74, 6) is -2.01. The number of carbonyl (C=O) groups excluding carboxylic acids is 2. The van der Waals surface area contributed by atoms with Crippen LogP contribution in [0.25, 0.3) is 16.6 Å². The van der Waals surface area contributed by atoms with E-state index in [1.807, 2.05) is 0 Å². The van der Waals surface area contributed by atoms with Crippen molar-refractivity contribution in [3.63, 3.8) is 0 Å². The number of halogens is 2. The molecule has 1 amide bonds. The molecule has 170 valence electrons. The van der Waals surface area contributed by atoms with Gasteiger partial charge in [-0.15, -0.1) is 0 Å². The van der Waals surface area contributed by atoms with Crippen LogP contribution in [-0.2, 0) is 4.79 Å². The van der Waals surface area contributed by atoms with E-state index in [1.54, 1.807) is 36.4 Å². The smallest absolute Gasteiger partial charge is 0.266 e. The molecule has 0 spiro atoms. The molecule has 5 rings (SSSR count). The van der Waals surface area contributed by atoms with Gasteiger partial charge in [-0.25, -0.2) is 13.8 Å². The Hall–Kier alpha value is -4.05. The molecule has 10 heteroatoms. The van der Waals surface area contributed by atoms with Crippen LogP contribution >= 0.6 is 11.8 Å². The Morgan fingerprint density at radius 2 is 1.91 bits per heavy atom. The average Bonchev–Trinajstić information content (AvgIpc) is 2.83. The van der Waals surface area contributed by atoms with Crippen molar-refractivity contribution in [2.45, 2.75) is 5.16 Å². The lowest BCUT2D eigenvalue weighted by Gasteiger charge is -2.18. The predicted octanol–water partition coefficient (Wildman–Crippen LogP) is 3.97. The number of benzene rings is 3. The minimum absolute atomic E-state index is 0.0807. The number of anilines is 1. The molecular weight excluding hydrogens is 464 g/mol. The third-order valence-electron chi connectivity index (χ3n) is 5.16. The van der Waals surface area contributed by atoms with Gasteiger partial charge in [0.15, 0.2) is 17.5 Å². The zero-order chi connectivity index (χ0) is 23.8. The molecule has 34 heavy (non-hydrogen) atoms. The molecule has 0 aliphatic carbocycles. The molecule has 1 N–H and O–H groups in total. The number of hydrogen-bond donors (Lipinski definition) is 1. The van der Waals surface area contributed by atoms with E-state index in [1.165, 1.54) is 6.07 Å². The highest BCUT2D eigenvalue weighted by Crippen LogP contribution is 2.30. The lowest BCUT2D eigenvalue weighted by Crippen LogP contribution is -2.25. The molecule has 0 saturated carbocycles. The zero-order valence-electron chi connectivity index (χ0n) is 17.4. The van der Waals surface area contributed by atoms with Crippen molar-refractivity contribution in [2.24, 2.45) is 0 Å². The second kappa shape index (κ2) is 8.71. The molecule has 0 atom stereocenters. The largest absolute Gasteiger partial charge is 0.482 e. The van der Waals surface area contributed by atoms with Crippen LogP contribution in [0.1, 0.15) is 10.4 Å². The first kappa shape index (κ1) is 21.8. The van der Waals surface area contributed by atoms with E-state index < -0.39 is 17.2 Å². The molecule has 0 saturated heterocycles. The standard InChI is InChI=1S/C24H15F2N3O4S/c25-14-6-7-19(16(26)10-14)29-23(32)15-3-1-2-4-17(15)28-24(29)34-12-20(30)13-5-8-21-18(9-13)27-22(31)11-33-21/h1-10H,11-12H2,(H,27,31). The zero-order valence-corrected chi connectivity index (χ0v) is 18.2. The summed E-state index contributed by atoms with van der Waals surface area (Å²) in [7, 11) is 0. The predicted molar refractivity (Wildman–Crippen MR) is 123 cm³/mol. The number of amides is 1. The van der Waals surface area contributed by atoms with Crippen LogP contribution in [-0.4, -0.2) is 33.6 Å². The minimum Gasteiger partial charge on any atom is -0.482 e. The number of ether oxygens (including phenoxy) is 1. The van der Waals surface area contributed by atoms with Crippen molar-refractivity contribution in [1.82, 2.24) is 9.55 Å². The molecule has 3 aromatic carbocycles. The van der Waals surface area contributed by atoms with Crippen molar-refractivity contribution in [3.8, 4) is 11.4 Å². The summed E-state index contributed by atoms with van der Waals surface area (Å²) < 4.78 is 34.4. The maximum absolute atomic E-state index is 14.6. The van der Waals surface area contributed by atoms with Gasteiger partial charge in [0.2, 0.25) is 0 Å². The molecule has 7 nitrogen and oxygen atoms in total. The molecule has 0 bridgehead atoms. The van der Waals surface area contributed by atoms with Gasteiger partial charge in [0.25, 0.3) is 11.5 Å². The lowest BCUT2D eigenvalue weighted by molar-refractivity contribution is -0.118. The van der Waals surface area contributed by atoms with Crippen LogP contribution in [0.15, 0.2) is 70.6 Å². The van der Waals surface area contributed by atoms with Crippen molar-refractivity contribution >= 4 is 40.0 Å². The first-order valence-electron chi connectivity index (χ1n) is 10.1. The lowest BCUT2D eigenvalue weighted by atomic mass is 10.1. The van der Waals surface area contributed by atoms with Crippen LogP contribution in [0.3, 0.4) is 0 Å². The van der Waals surface area contributed by atoms with Gasteiger partial charge in [-0.3, -0.25) is 19.0 Å². The van der Waals surface area contributed by atoms with E-state index in [4.69, 9.17) is 4.74 Å². The first-order valence-corrected chi connectivity index (χ1v) is 11.1. The Labute approximate surface area is 195 Å². The third-order valence-corrected chi connectivity index (χ3v) is 6.10. The quantitative estimate of drug-likeness (QED) is 0.265. The Bertz CT molecular complexity index is 1540. The second-order valence-corrected chi connectivity index (χ2v) is 8.35. The van der Waals surface area contributed by atoms with Crippen molar-refractivity contribution in [2.75, 3.05) is 17.7 Å². The Balaban J connectivity index is 1.51. The normalized spacial score (nSPS) is 12.7. The van der Waals surface area contributed by atoms with Crippen molar-refractivity contribution in [1.29, 1.82) is 0 Å². The summed E-state index contributed by atoms with van der Waals surface area (Å²) in [6.07, 6.45) is 0. The molecule has 2 heterocycles. The summed E-state index contributed by atoms with van der Waals surface area (Å²) in [5.41, 5.74) is 0.378. The number of para-hydroxylation sites is 1. The van der Waals surface area contributed by atoms with Gasteiger partial charge in [-0.05, 0) is 42.5 Å². The Morgan fingerprint density at radius 3 is 2.74 bits per heavy atom. The number of rotatable bonds is 5. The fourth-order valence-electron chi connectivity index (χ4n) is 3.55. The number of fused-ring (bicyclic) bond motifs is 2. The molecule has 0 fully saturated rings. The fraction of sp³-hybridized carbons (Fsp3) is 0.0833. The number of thioether (sulfide) groups is 1. The van der Waals surface area contributed by atoms with Crippen LogP contribution in [0, 0.1) is 11.6 Å². The molecule has 1 aromatic heterocycles.